The van der Waals surface area contributed by atoms with E-state index in [9.17, 15) is 9.59 Å². The van der Waals surface area contributed by atoms with E-state index in [1.807, 2.05) is 0 Å². The van der Waals surface area contributed by atoms with Crippen molar-refractivity contribution in [3.8, 4) is 0 Å². The van der Waals surface area contributed by atoms with Crippen LogP contribution >= 0.6 is 0 Å². The van der Waals surface area contributed by atoms with Gasteiger partial charge in [-0.15, -0.1) is 0 Å². The van der Waals surface area contributed by atoms with Crippen LogP contribution in [0.1, 0.15) is 35.1 Å². The molecular weight excluding hydrogens is 278 g/mol. The number of nitrogens with one attached hydrogen (secondary N) is 2. The summed E-state index contributed by atoms with van der Waals surface area (Å²) in [7, 11) is 1.77. The number of likely N-dealkylation sites (tertiary alicyclic amines) is 1. The van der Waals surface area contributed by atoms with Gasteiger partial charge in [-0.2, -0.15) is 0 Å². The van der Waals surface area contributed by atoms with Gasteiger partial charge >= 0.3 is 6.03 Å². The van der Waals surface area contributed by atoms with Crippen molar-refractivity contribution in [1.82, 2.24) is 15.5 Å². The first-order valence-corrected chi connectivity index (χ1v) is 7.72. The zero-order valence-corrected chi connectivity index (χ0v) is 13.8. The molecule has 0 aliphatic carbocycles. The summed E-state index contributed by atoms with van der Waals surface area (Å²) in [6, 6.07) is 4.11. The molecule has 1 atom stereocenters. The molecule has 5 nitrogen and oxygen atoms in total. The van der Waals surface area contributed by atoms with E-state index in [-0.39, 0.29) is 18.0 Å². The number of amides is 3. The SMILES string of the molecule is Cc1cc(C)c(CNC(=O)N[C@H]2CCC(=O)N(C)C2)c(C)c1. The van der Waals surface area contributed by atoms with E-state index in [1.165, 1.54) is 16.7 Å². The molecule has 1 aromatic carbocycles. The minimum atomic E-state index is -0.174. The van der Waals surface area contributed by atoms with Crippen molar-refractivity contribution < 1.29 is 9.59 Å². The van der Waals surface area contributed by atoms with E-state index in [0.29, 0.717) is 25.9 Å². The van der Waals surface area contributed by atoms with Gasteiger partial charge in [-0.25, -0.2) is 4.79 Å². The predicted molar refractivity (Wildman–Crippen MR) is 86.7 cm³/mol. The number of nitrogens with zero attached hydrogens (tertiary/aromatic N) is 1. The van der Waals surface area contributed by atoms with Crippen molar-refractivity contribution >= 4 is 11.9 Å². The van der Waals surface area contributed by atoms with Gasteiger partial charge in [0.25, 0.3) is 0 Å². The maximum atomic E-state index is 12.0. The highest BCUT2D eigenvalue weighted by molar-refractivity contribution is 5.78. The first-order valence-electron chi connectivity index (χ1n) is 7.72. The minimum absolute atomic E-state index is 0.0305. The topological polar surface area (TPSA) is 61.4 Å². The molecule has 0 bridgehead atoms. The molecule has 1 aliphatic heterocycles. The third kappa shape index (κ3) is 4.00. The molecule has 2 N–H and O–H groups in total. The lowest BCUT2D eigenvalue weighted by Gasteiger charge is -2.30. The third-order valence-corrected chi connectivity index (χ3v) is 4.23. The largest absolute Gasteiger partial charge is 0.344 e. The molecule has 1 heterocycles. The van der Waals surface area contributed by atoms with Crippen LogP contribution in [0.3, 0.4) is 0 Å². The summed E-state index contributed by atoms with van der Waals surface area (Å²) >= 11 is 0. The quantitative estimate of drug-likeness (QED) is 0.897. The van der Waals surface area contributed by atoms with Crippen molar-refractivity contribution in [2.75, 3.05) is 13.6 Å². The number of likely N-dealkylation sites (N-methyl/N-ethyl adjacent to an activating group) is 1. The molecule has 2 rings (SSSR count). The number of carbonyl (C=O) groups excluding carboxylic acids is 2. The summed E-state index contributed by atoms with van der Waals surface area (Å²) in [6.07, 6.45) is 1.21. The Hall–Kier alpha value is -2.04. The van der Waals surface area contributed by atoms with Crippen molar-refractivity contribution in [2.45, 2.75) is 46.2 Å². The van der Waals surface area contributed by atoms with Crippen LogP contribution in [0.4, 0.5) is 4.79 Å². The molecule has 0 aromatic heterocycles. The molecule has 5 heteroatoms. The molecule has 1 aliphatic rings. The molecule has 120 valence electrons. The summed E-state index contributed by atoms with van der Waals surface area (Å²) < 4.78 is 0. The monoisotopic (exact) mass is 303 g/mol. The molecule has 1 saturated heterocycles. The molecule has 0 saturated carbocycles. The molecular formula is C17H25N3O2. The molecule has 22 heavy (non-hydrogen) atoms. The lowest BCUT2D eigenvalue weighted by molar-refractivity contribution is -0.132. The minimum Gasteiger partial charge on any atom is -0.344 e. The van der Waals surface area contributed by atoms with E-state index >= 15 is 0 Å². The summed E-state index contributed by atoms with van der Waals surface area (Å²) in [5, 5.41) is 5.87. The maximum absolute atomic E-state index is 12.0. The van der Waals surface area contributed by atoms with Crippen LogP contribution in [0.2, 0.25) is 0 Å². The normalized spacial score (nSPS) is 18.3. The van der Waals surface area contributed by atoms with Crippen LogP contribution in [0.25, 0.3) is 0 Å². The summed E-state index contributed by atoms with van der Waals surface area (Å²) in [6.45, 7) is 7.30. The van der Waals surface area contributed by atoms with Crippen molar-refractivity contribution in [1.29, 1.82) is 0 Å². The van der Waals surface area contributed by atoms with Gasteiger partial charge in [0, 0.05) is 32.6 Å². The second-order valence-corrected chi connectivity index (χ2v) is 6.21. The van der Waals surface area contributed by atoms with E-state index in [1.54, 1.807) is 11.9 Å². The standard InChI is InChI=1S/C17H25N3O2/c1-11-7-12(2)15(13(3)8-11)9-18-17(22)19-14-5-6-16(21)20(4)10-14/h7-8,14H,5-6,9-10H2,1-4H3,(H2,18,19,22)/t14-/m0/s1. The Morgan fingerprint density at radius 2 is 1.91 bits per heavy atom. The number of urea groups is 1. The Kier molecular flexibility index (Phi) is 5.06. The summed E-state index contributed by atoms with van der Waals surface area (Å²) in [5.74, 6) is 0.143. The maximum Gasteiger partial charge on any atom is 0.315 e. The van der Waals surface area contributed by atoms with E-state index in [0.717, 1.165) is 5.56 Å². The van der Waals surface area contributed by atoms with Crippen LogP contribution in [0.15, 0.2) is 12.1 Å². The van der Waals surface area contributed by atoms with Crippen LogP contribution in [0.5, 0.6) is 0 Å². The number of hydrogen-bond acceptors (Lipinski definition) is 2. The van der Waals surface area contributed by atoms with Crippen LogP contribution < -0.4 is 10.6 Å². The molecule has 0 unspecified atom stereocenters. The second kappa shape index (κ2) is 6.81. The Balaban J connectivity index is 1.87. The molecule has 0 radical (unpaired) electrons. The average Bonchev–Trinajstić information content (AvgIpc) is 2.41. The zero-order chi connectivity index (χ0) is 16.3. The zero-order valence-electron chi connectivity index (χ0n) is 13.8. The molecule has 0 spiro atoms. The van der Waals surface area contributed by atoms with Gasteiger partial charge in [-0.1, -0.05) is 17.7 Å². The average molecular weight is 303 g/mol. The van der Waals surface area contributed by atoms with Crippen molar-refractivity contribution in [3.63, 3.8) is 0 Å². The van der Waals surface area contributed by atoms with Crippen LogP contribution in [0, 0.1) is 20.8 Å². The van der Waals surface area contributed by atoms with Crippen molar-refractivity contribution in [2.24, 2.45) is 0 Å². The Labute approximate surface area is 132 Å². The first-order chi connectivity index (χ1) is 10.4. The van der Waals surface area contributed by atoms with Crippen LogP contribution in [-0.4, -0.2) is 36.5 Å². The number of rotatable bonds is 3. The fraction of sp³-hybridized carbons (Fsp3) is 0.529. The fourth-order valence-electron chi connectivity index (χ4n) is 3.02. The number of aryl methyl sites for hydroxylation is 3. The van der Waals surface area contributed by atoms with Gasteiger partial charge in [0.2, 0.25) is 5.91 Å². The Morgan fingerprint density at radius 1 is 1.27 bits per heavy atom. The van der Waals surface area contributed by atoms with Gasteiger partial charge in [0.05, 0.1) is 0 Å². The van der Waals surface area contributed by atoms with E-state index in [2.05, 4.69) is 43.5 Å². The van der Waals surface area contributed by atoms with Gasteiger partial charge in [0.15, 0.2) is 0 Å². The highest BCUT2D eigenvalue weighted by Gasteiger charge is 2.23. The fourth-order valence-corrected chi connectivity index (χ4v) is 3.02. The Morgan fingerprint density at radius 3 is 2.50 bits per heavy atom. The summed E-state index contributed by atoms with van der Waals surface area (Å²) in [5.41, 5.74) is 4.79. The second-order valence-electron chi connectivity index (χ2n) is 6.21. The predicted octanol–water partition coefficient (Wildman–Crippen LogP) is 2.03. The van der Waals surface area contributed by atoms with Crippen LogP contribution in [-0.2, 0) is 11.3 Å². The highest BCUT2D eigenvalue weighted by Crippen LogP contribution is 2.16. The number of piperidine rings is 1. The lowest BCUT2D eigenvalue weighted by Crippen LogP contribution is -2.51. The lowest BCUT2D eigenvalue weighted by atomic mass is 10.00. The number of carbonyl (C=O) groups is 2. The smallest absolute Gasteiger partial charge is 0.315 e. The molecule has 3 amide bonds. The van der Waals surface area contributed by atoms with E-state index in [4.69, 9.17) is 0 Å². The highest BCUT2D eigenvalue weighted by atomic mass is 16.2. The van der Waals surface area contributed by atoms with Gasteiger partial charge in [-0.05, 0) is 43.9 Å². The van der Waals surface area contributed by atoms with Gasteiger partial charge in [-0.3, -0.25) is 4.79 Å². The number of benzene rings is 1. The van der Waals surface area contributed by atoms with E-state index < -0.39 is 0 Å². The first kappa shape index (κ1) is 16.3. The molecule has 1 fully saturated rings. The number of hydrogen-bond donors (Lipinski definition) is 2. The van der Waals surface area contributed by atoms with Gasteiger partial charge in [0.1, 0.15) is 0 Å². The molecule has 1 aromatic rings. The third-order valence-electron chi connectivity index (χ3n) is 4.23. The summed E-state index contributed by atoms with van der Waals surface area (Å²) in [4.78, 5) is 25.1. The Bertz CT molecular complexity index is 560. The van der Waals surface area contributed by atoms with Gasteiger partial charge < -0.3 is 15.5 Å². The van der Waals surface area contributed by atoms with Crippen molar-refractivity contribution in [3.05, 3.63) is 34.4 Å².